The van der Waals surface area contributed by atoms with E-state index in [0.29, 0.717) is 0 Å². The quantitative estimate of drug-likeness (QED) is 0.184. The third-order valence-corrected chi connectivity index (χ3v) is 6.86. The highest BCUT2D eigenvalue weighted by Gasteiger charge is 2.05. The number of nitrogens with zero attached hydrogens (tertiary/aromatic N) is 3. The van der Waals surface area contributed by atoms with Gasteiger partial charge in [0.1, 0.15) is 0 Å². The van der Waals surface area contributed by atoms with Crippen LogP contribution in [0, 0.1) is 0 Å². The third kappa shape index (κ3) is 9.92. The lowest BCUT2D eigenvalue weighted by Gasteiger charge is -2.06. The molecule has 188 valence electrons. The van der Waals surface area contributed by atoms with Crippen molar-refractivity contribution >= 4 is 0 Å². The van der Waals surface area contributed by atoms with Gasteiger partial charge in [0.05, 0.1) is 5.69 Å². The Labute approximate surface area is 213 Å². The fraction of sp³-hybridized carbons (Fsp3) is 0.531. The van der Waals surface area contributed by atoms with Crippen molar-refractivity contribution in [3.05, 3.63) is 66.1 Å². The predicted molar refractivity (Wildman–Crippen MR) is 149 cm³/mol. The fourth-order valence-electron chi connectivity index (χ4n) is 4.56. The van der Waals surface area contributed by atoms with Gasteiger partial charge >= 0.3 is 0 Å². The Morgan fingerprint density at radius 3 is 1.49 bits per heavy atom. The van der Waals surface area contributed by atoms with Crippen LogP contribution in [0.5, 0.6) is 0 Å². The number of hydrogen-bond donors (Lipinski definition) is 0. The summed E-state index contributed by atoms with van der Waals surface area (Å²) in [5.74, 6) is 0.794. The minimum Gasteiger partial charge on any atom is -0.256 e. The van der Waals surface area contributed by atoms with Gasteiger partial charge < -0.3 is 0 Å². The molecular weight excluding hydrogens is 426 g/mol. The van der Waals surface area contributed by atoms with Crippen molar-refractivity contribution in [2.45, 2.75) is 110 Å². The van der Waals surface area contributed by atoms with Crippen LogP contribution >= 0.6 is 0 Å². The Bertz CT molecular complexity index is 930. The fourth-order valence-corrected chi connectivity index (χ4v) is 4.56. The molecule has 0 fully saturated rings. The Morgan fingerprint density at radius 1 is 0.457 bits per heavy atom. The summed E-state index contributed by atoms with van der Waals surface area (Å²) in [7, 11) is 0. The van der Waals surface area contributed by atoms with Crippen LogP contribution in [0.15, 0.2) is 55.0 Å². The van der Waals surface area contributed by atoms with E-state index in [1.54, 1.807) is 0 Å². The molecule has 0 N–H and O–H groups in total. The van der Waals surface area contributed by atoms with Crippen LogP contribution in [0.4, 0.5) is 0 Å². The lowest BCUT2D eigenvalue weighted by atomic mass is 10.0. The minimum atomic E-state index is 0.794. The average Bonchev–Trinajstić information content (AvgIpc) is 2.91. The molecule has 3 nitrogen and oxygen atoms in total. The summed E-state index contributed by atoms with van der Waals surface area (Å²) in [6.07, 6.45) is 25.6. The van der Waals surface area contributed by atoms with Crippen molar-refractivity contribution in [3.8, 4) is 22.6 Å². The maximum absolute atomic E-state index is 4.72. The van der Waals surface area contributed by atoms with Crippen molar-refractivity contribution in [3.63, 3.8) is 0 Å². The van der Waals surface area contributed by atoms with E-state index in [1.165, 1.54) is 94.6 Å². The van der Waals surface area contributed by atoms with Gasteiger partial charge in [0.2, 0.25) is 0 Å². The van der Waals surface area contributed by atoms with Gasteiger partial charge in [0, 0.05) is 29.7 Å². The molecule has 35 heavy (non-hydrogen) atoms. The van der Waals surface area contributed by atoms with Crippen LogP contribution in [-0.4, -0.2) is 15.0 Å². The summed E-state index contributed by atoms with van der Waals surface area (Å²) >= 11 is 0. The molecule has 0 amide bonds. The second kappa shape index (κ2) is 16.2. The number of hydrogen-bond acceptors (Lipinski definition) is 3. The van der Waals surface area contributed by atoms with E-state index in [1.807, 2.05) is 18.6 Å². The number of aromatic nitrogens is 3. The van der Waals surface area contributed by atoms with Gasteiger partial charge in [-0.2, -0.15) is 0 Å². The Hall–Kier alpha value is -2.55. The third-order valence-electron chi connectivity index (χ3n) is 6.86. The first-order valence-electron chi connectivity index (χ1n) is 14.2. The molecule has 3 aromatic rings. The largest absolute Gasteiger partial charge is 0.256 e. The van der Waals surface area contributed by atoms with E-state index in [-0.39, 0.29) is 0 Å². The molecule has 0 spiro atoms. The van der Waals surface area contributed by atoms with Gasteiger partial charge in [0.15, 0.2) is 5.82 Å². The number of pyridine rings is 1. The van der Waals surface area contributed by atoms with E-state index < -0.39 is 0 Å². The zero-order valence-electron chi connectivity index (χ0n) is 22.1. The SMILES string of the molecule is CCCCCCCCCc1cnc(-c2ccc(-c3ccc(CCCCCCCC)cn3)cc2)nc1. The molecule has 2 aromatic heterocycles. The molecule has 0 radical (unpaired) electrons. The van der Waals surface area contributed by atoms with Crippen molar-refractivity contribution < 1.29 is 0 Å². The molecule has 0 aliphatic heterocycles. The van der Waals surface area contributed by atoms with Crippen LogP contribution in [-0.2, 0) is 12.8 Å². The molecule has 0 aliphatic rings. The molecule has 0 bridgehead atoms. The van der Waals surface area contributed by atoms with Crippen LogP contribution in [0.2, 0.25) is 0 Å². The molecule has 0 saturated heterocycles. The monoisotopic (exact) mass is 471 g/mol. The summed E-state index contributed by atoms with van der Waals surface area (Å²) in [6.45, 7) is 4.54. The highest BCUT2D eigenvalue weighted by Crippen LogP contribution is 2.22. The van der Waals surface area contributed by atoms with Gasteiger partial charge in [-0.25, -0.2) is 9.97 Å². The Kier molecular flexibility index (Phi) is 12.5. The van der Waals surface area contributed by atoms with E-state index in [0.717, 1.165) is 35.5 Å². The van der Waals surface area contributed by atoms with Crippen LogP contribution in [0.1, 0.15) is 108 Å². The van der Waals surface area contributed by atoms with E-state index in [4.69, 9.17) is 4.98 Å². The zero-order valence-corrected chi connectivity index (χ0v) is 22.1. The molecule has 3 rings (SSSR count). The maximum atomic E-state index is 4.72. The second-order valence-corrected chi connectivity index (χ2v) is 9.93. The number of unbranched alkanes of at least 4 members (excludes halogenated alkanes) is 11. The normalized spacial score (nSPS) is 11.1. The van der Waals surface area contributed by atoms with Gasteiger partial charge in [-0.1, -0.05) is 115 Å². The van der Waals surface area contributed by atoms with E-state index in [2.05, 4.69) is 60.2 Å². The smallest absolute Gasteiger partial charge is 0.159 e. The first-order chi connectivity index (χ1) is 17.3. The minimum absolute atomic E-state index is 0.794. The van der Waals surface area contributed by atoms with E-state index >= 15 is 0 Å². The highest BCUT2D eigenvalue weighted by molar-refractivity contribution is 5.65. The van der Waals surface area contributed by atoms with Crippen LogP contribution in [0.3, 0.4) is 0 Å². The molecule has 2 heterocycles. The van der Waals surface area contributed by atoms with Gasteiger partial charge in [-0.3, -0.25) is 4.98 Å². The van der Waals surface area contributed by atoms with E-state index in [9.17, 15) is 0 Å². The summed E-state index contributed by atoms with van der Waals surface area (Å²) in [4.78, 5) is 14.0. The summed E-state index contributed by atoms with van der Waals surface area (Å²) in [5, 5.41) is 0. The molecular formula is C32H45N3. The zero-order chi connectivity index (χ0) is 24.6. The molecule has 0 atom stereocenters. The van der Waals surface area contributed by atoms with Crippen molar-refractivity contribution in [1.29, 1.82) is 0 Å². The number of aryl methyl sites for hydroxylation is 2. The van der Waals surface area contributed by atoms with Crippen molar-refractivity contribution in [2.24, 2.45) is 0 Å². The van der Waals surface area contributed by atoms with Gasteiger partial charge in [-0.05, 0) is 42.9 Å². The summed E-state index contributed by atoms with van der Waals surface area (Å²) < 4.78 is 0. The lowest BCUT2D eigenvalue weighted by Crippen LogP contribution is -1.94. The average molecular weight is 472 g/mol. The van der Waals surface area contributed by atoms with Gasteiger partial charge in [0.25, 0.3) is 0 Å². The first kappa shape index (κ1) is 27.0. The summed E-state index contributed by atoms with van der Waals surface area (Å²) in [6, 6.07) is 12.8. The molecule has 0 unspecified atom stereocenters. The molecule has 0 aliphatic carbocycles. The van der Waals surface area contributed by atoms with Crippen LogP contribution < -0.4 is 0 Å². The first-order valence-corrected chi connectivity index (χ1v) is 14.2. The number of rotatable bonds is 17. The Morgan fingerprint density at radius 2 is 0.943 bits per heavy atom. The second-order valence-electron chi connectivity index (χ2n) is 9.93. The number of benzene rings is 1. The topological polar surface area (TPSA) is 38.7 Å². The van der Waals surface area contributed by atoms with Crippen molar-refractivity contribution in [1.82, 2.24) is 15.0 Å². The Balaban J connectivity index is 1.43. The summed E-state index contributed by atoms with van der Waals surface area (Å²) in [5.41, 5.74) is 5.79. The lowest BCUT2D eigenvalue weighted by molar-refractivity contribution is 0.589. The van der Waals surface area contributed by atoms with Gasteiger partial charge in [-0.15, -0.1) is 0 Å². The molecule has 0 saturated carbocycles. The van der Waals surface area contributed by atoms with Crippen LogP contribution in [0.25, 0.3) is 22.6 Å². The standard InChI is InChI=1S/C32H45N3/c1-3-5-7-9-11-13-15-17-28-25-34-32(35-26-28)30-21-19-29(20-22-30)31-23-18-27(24-33-31)16-14-12-10-8-6-4-2/h18-26H,3-17H2,1-2H3. The maximum Gasteiger partial charge on any atom is 0.159 e. The molecule has 3 heteroatoms. The molecule has 1 aromatic carbocycles. The van der Waals surface area contributed by atoms with Crippen molar-refractivity contribution in [2.75, 3.05) is 0 Å². The predicted octanol–water partition coefficient (Wildman–Crippen LogP) is 9.40. The highest BCUT2D eigenvalue weighted by atomic mass is 14.9.